The zero-order chi connectivity index (χ0) is 21.7. The predicted octanol–water partition coefficient (Wildman–Crippen LogP) is 5.82. The number of nitrogens with one attached hydrogen (secondary N) is 1. The van der Waals surface area contributed by atoms with E-state index in [9.17, 15) is 13.2 Å². The second-order valence-corrected chi connectivity index (χ2v) is 11.6. The summed E-state index contributed by atoms with van der Waals surface area (Å²) in [5.74, 6) is 3.81. The van der Waals surface area contributed by atoms with Gasteiger partial charge in [0.15, 0.2) is 11.5 Å². The van der Waals surface area contributed by atoms with Crippen LogP contribution in [0.15, 0.2) is 18.2 Å². The van der Waals surface area contributed by atoms with Gasteiger partial charge in [-0.05, 0) is 47.3 Å². The second kappa shape index (κ2) is 10.3. The van der Waals surface area contributed by atoms with Crippen LogP contribution in [-0.4, -0.2) is 42.9 Å². The van der Waals surface area contributed by atoms with E-state index in [1.807, 2.05) is 13.8 Å². The molecule has 1 N–H and O–H groups in total. The molecule has 1 aliphatic heterocycles. The molecule has 2 unspecified atom stereocenters. The molecule has 0 fully saturated rings. The van der Waals surface area contributed by atoms with Crippen LogP contribution < -0.4 is 14.8 Å². The summed E-state index contributed by atoms with van der Waals surface area (Å²) in [5.41, 5.74) is 0.121. The summed E-state index contributed by atoms with van der Waals surface area (Å²) in [5, 5.41) is 2.84. The van der Waals surface area contributed by atoms with E-state index in [1.165, 1.54) is 18.2 Å². The Labute approximate surface area is 174 Å². The third-order valence-corrected chi connectivity index (χ3v) is 9.11. The first kappa shape index (κ1) is 24.2. The molecule has 0 saturated carbocycles. The van der Waals surface area contributed by atoms with Crippen LogP contribution in [0, 0.1) is 5.92 Å². The van der Waals surface area contributed by atoms with Crippen molar-refractivity contribution in [2.75, 3.05) is 30.7 Å². The Kier molecular flexibility index (Phi) is 8.55. The third kappa shape index (κ3) is 6.43. The Hall–Kier alpha value is -1.12. The SMILES string of the molecule is CCS(CC)(CC)OCC(CC(C)C)NC(c1ccc2c(c1)OCO2)C(F)(F)F. The molecule has 8 heteroatoms. The molecule has 0 saturated heterocycles. The smallest absolute Gasteiger partial charge is 0.407 e. The van der Waals surface area contributed by atoms with Gasteiger partial charge in [0.1, 0.15) is 6.04 Å². The molecule has 2 atom stereocenters. The summed E-state index contributed by atoms with van der Waals surface area (Å²) in [6, 6.07) is 2.21. The van der Waals surface area contributed by atoms with Gasteiger partial charge in [0.2, 0.25) is 6.79 Å². The normalized spacial score (nSPS) is 16.9. The third-order valence-electron chi connectivity index (χ3n) is 5.31. The molecule has 168 valence electrons. The predicted molar refractivity (Wildman–Crippen MR) is 113 cm³/mol. The molecule has 0 aliphatic carbocycles. The maximum absolute atomic E-state index is 14.0. The largest absolute Gasteiger partial charge is 0.454 e. The topological polar surface area (TPSA) is 39.7 Å². The number of ether oxygens (including phenoxy) is 2. The molecule has 0 aromatic heterocycles. The molecule has 0 bridgehead atoms. The van der Waals surface area contributed by atoms with Gasteiger partial charge in [0, 0.05) is 6.04 Å². The molecular formula is C21H34F3NO3S. The van der Waals surface area contributed by atoms with Crippen LogP contribution in [0.3, 0.4) is 0 Å². The Morgan fingerprint density at radius 1 is 1.07 bits per heavy atom. The summed E-state index contributed by atoms with van der Waals surface area (Å²) >= 11 is 0. The number of fused-ring (bicyclic) bond motifs is 1. The summed E-state index contributed by atoms with van der Waals surface area (Å²) in [6.07, 6.45) is -3.84. The maximum Gasteiger partial charge on any atom is 0.407 e. The van der Waals surface area contributed by atoms with Crippen LogP contribution in [0.1, 0.15) is 52.6 Å². The average molecular weight is 438 g/mol. The van der Waals surface area contributed by atoms with Crippen molar-refractivity contribution < 1.29 is 26.8 Å². The Balaban J connectivity index is 2.22. The zero-order valence-electron chi connectivity index (χ0n) is 18.0. The fourth-order valence-corrected chi connectivity index (χ4v) is 5.73. The summed E-state index contributed by atoms with van der Waals surface area (Å²) in [7, 11) is -1.24. The van der Waals surface area contributed by atoms with Crippen molar-refractivity contribution in [3.63, 3.8) is 0 Å². The van der Waals surface area contributed by atoms with Crippen LogP contribution in [0.25, 0.3) is 0 Å². The number of benzene rings is 1. The lowest BCUT2D eigenvalue weighted by atomic mass is 10.0. The van der Waals surface area contributed by atoms with Crippen LogP contribution in [-0.2, 0) is 4.18 Å². The first-order valence-corrected chi connectivity index (χ1v) is 12.3. The minimum absolute atomic E-state index is 0.0304. The first-order valence-electron chi connectivity index (χ1n) is 10.3. The molecule has 1 heterocycles. The molecule has 0 spiro atoms. The van der Waals surface area contributed by atoms with Gasteiger partial charge < -0.3 is 13.7 Å². The van der Waals surface area contributed by atoms with E-state index in [0.29, 0.717) is 17.9 Å². The van der Waals surface area contributed by atoms with Crippen LogP contribution in [0.2, 0.25) is 0 Å². The van der Waals surface area contributed by atoms with E-state index < -0.39 is 28.6 Å². The second-order valence-electron chi connectivity index (χ2n) is 7.70. The highest BCUT2D eigenvalue weighted by Gasteiger charge is 2.42. The molecule has 2 rings (SSSR count). The Morgan fingerprint density at radius 3 is 2.24 bits per heavy atom. The van der Waals surface area contributed by atoms with Gasteiger partial charge in [-0.25, -0.2) is 0 Å². The summed E-state index contributed by atoms with van der Waals surface area (Å²) in [6.45, 7) is 10.6. The zero-order valence-corrected chi connectivity index (χ0v) is 18.8. The number of rotatable bonds is 11. The number of hydrogen-bond donors (Lipinski definition) is 1. The van der Waals surface area contributed by atoms with Gasteiger partial charge in [0.25, 0.3) is 0 Å². The summed E-state index contributed by atoms with van der Waals surface area (Å²) in [4.78, 5) is 0. The monoisotopic (exact) mass is 437 g/mol. The van der Waals surface area contributed by atoms with Gasteiger partial charge >= 0.3 is 6.18 Å². The fraction of sp³-hybridized carbons (Fsp3) is 0.714. The number of hydrogen-bond acceptors (Lipinski definition) is 4. The van der Waals surface area contributed by atoms with E-state index in [2.05, 4.69) is 26.1 Å². The minimum atomic E-state index is -4.44. The van der Waals surface area contributed by atoms with Gasteiger partial charge in [-0.1, -0.05) is 40.7 Å². The van der Waals surface area contributed by atoms with Crippen molar-refractivity contribution in [1.82, 2.24) is 5.32 Å². The lowest BCUT2D eigenvalue weighted by molar-refractivity contribution is -0.160. The standard InChI is InChI=1S/C21H34F3NO3S/c1-6-29(7-2,8-3)28-13-17(11-15(4)5)25-20(21(22,23)24)16-9-10-18-19(12-16)27-14-26-18/h9-10,12,15,17,20,25H,6-8,11,13-14H2,1-5H3. The van der Waals surface area contributed by atoms with Crippen LogP contribution in [0.4, 0.5) is 13.2 Å². The lowest BCUT2D eigenvalue weighted by Gasteiger charge is -2.39. The van der Waals surface area contributed by atoms with Crippen LogP contribution >= 0.6 is 10.3 Å². The molecule has 4 nitrogen and oxygen atoms in total. The highest BCUT2D eigenvalue weighted by Crippen LogP contribution is 2.48. The van der Waals surface area contributed by atoms with E-state index >= 15 is 0 Å². The van der Waals surface area contributed by atoms with Crippen molar-refractivity contribution in [2.24, 2.45) is 5.92 Å². The van der Waals surface area contributed by atoms with E-state index in [4.69, 9.17) is 13.7 Å². The maximum atomic E-state index is 14.0. The molecular weight excluding hydrogens is 403 g/mol. The molecule has 0 radical (unpaired) electrons. The first-order chi connectivity index (χ1) is 13.6. The molecule has 1 aliphatic rings. The molecule has 29 heavy (non-hydrogen) atoms. The fourth-order valence-electron chi connectivity index (χ4n) is 3.55. The summed E-state index contributed by atoms with van der Waals surface area (Å²) < 4.78 is 58.6. The average Bonchev–Trinajstić information content (AvgIpc) is 3.13. The van der Waals surface area contributed by atoms with Crippen LogP contribution in [0.5, 0.6) is 11.5 Å². The molecule has 0 amide bonds. The van der Waals surface area contributed by atoms with Crippen molar-refractivity contribution in [1.29, 1.82) is 0 Å². The Bertz CT molecular complexity index is 642. The van der Waals surface area contributed by atoms with Crippen molar-refractivity contribution >= 4 is 10.3 Å². The highest BCUT2D eigenvalue weighted by molar-refractivity contribution is 8.29. The van der Waals surface area contributed by atoms with Crippen molar-refractivity contribution in [3.8, 4) is 11.5 Å². The van der Waals surface area contributed by atoms with E-state index in [-0.39, 0.29) is 24.9 Å². The quantitative estimate of drug-likeness (QED) is 0.474. The number of alkyl halides is 3. The van der Waals surface area contributed by atoms with Gasteiger partial charge in [-0.15, -0.1) is 10.3 Å². The van der Waals surface area contributed by atoms with E-state index in [1.54, 1.807) is 0 Å². The molecule has 1 aromatic carbocycles. The number of halogens is 3. The van der Waals surface area contributed by atoms with Crippen molar-refractivity contribution in [3.05, 3.63) is 23.8 Å². The minimum Gasteiger partial charge on any atom is -0.454 e. The Morgan fingerprint density at radius 2 is 1.69 bits per heavy atom. The van der Waals surface area contributed by atoms with Crippen molar-refractivity contribution in [2.45, 2.75) is 59.3 Å². The van der Waals surface area contributed by atoms with E-state index in [0.717, 1.165) is 17.3 Å². The van der Waals surface area contributed by atoms with Gasteiger partial charge in [0.05, 0.1) is 6.61 Å². The van der Waals surface area contributed by atoms with Gasteiger partial charge in [-0.2, -0.15) is 13.2 Å². The lowest BCUT2D eigenvalue weighted by Crippen LogP contribution is -2.44. The highest BCUT2D eigenvalue weighted by atomic mass is 32.3. The van der Waals surface area contributed by atoms with Gasteiger partial charge in [-0.3, -0.25) is 5.32 Å². The molecule has 1 aromatic rings.